The second-order valence-corrected chi connectivity index (χ2v) is 6.99. The van der Waals surface area contributed by atoms with Crippen LogP contribution in [0.15, 0.2) is 40.9 Å². The van der Waals surface area contributed by atoms with Gasteiger partial charge in [-0.3, -0.25) is 9.59 Å². The van der Waals surface area contributed by atoms with E-state index in [9.17, 15) is 9.59 Å². The van der Waals surface area contributed by atoms with Crippen LogP contribution < -0.4 is 10.1 Å². The molecule has 1 N–H and O–H groups in total. The first-order chi connectivity index (χ1) is 11.9. The summed E-state index contributed by atoms with van der Waals surface area (Å²) in [6.45, 7) is 6.02. The van der Waals surface area contributed by atoms with Crippen molar-refractivity contribution in [1.82, 2.24) is 10.2 Å². The fourth-order valence-electron chi connectivity index (χ4n) is 2.44. The van der Waals surface area contributed by atoms with Gasteiger partial charge in [0.2, 0.25) is 5.91 Å². The van der Waals surface area contributed by atoms with Gasteiger partial charge in [0.1, 0.15) is 5.75 Å². The number of carbonyl (C=O) groups excluding carboxylic acids is 2. The van der Waals surface area contributed by atoms with Gasteiger partial charge in [0.15, 0.2) is 6.61 Å². The third kappa shape index (κ3) is 5.74. The molecule has 0 heterocycles. The molecule has 0 aliphatic rings. The average molecular weight is 407 g/mol. The standard InChI is InChI=1S/C19H23BrN2O3/c1-4-22(11-18(23)21-13(2)3)19(24)12-25-17-8-6-14-9-16(20)7-5-15(14)10-17/h5-10,13H,4,11-12H2,1-3H3,(H,21,23). The van der Waals surface area contributed by atoms with E-state index in [0.717, 1.165) is 15.2 Å². The number of halogens is 1. The lowest BCUT2D eigenvalue weighted by molar-refractivity contribution is -0.137. The number of amides is 2. The van der Waals surface area contributed by atoms with Gasteiger partial charge in [-0.25, -0.2) is 0 Å². The molecule has 0 unspecified atom stereocenters. The van der Waals surface area contributed by atoms with E-state index < -0.39 is 0 Å². The van der Waals surface area contributed by atoms with Gasteiger partial charge in [-0.2, -0.15) is 0 Å². The van der Waals surface area contributed by atoms with Crippen LogP contribution in [0.1, 0.15) is 20.8 Å². The summed E-state index contributed by atoms with van der Waals surface area (Å²) in [6.07, 6.45) is 0. The normalized spacial score (nSPS) is 10.8. The zero-order valence-corrected chi connectivity index (χ0v) is 16.3. The van der Waals surface area contributed by atoms with Crippen molar-refractivity contribution in [2.45, 2.75) is 26.8 Å². The highest BCUT2D eigenvalue weighted by Crippen LogP contribution is 2.24. The van der Waals surface area contributed by atoms with Crippen molar-refractivity contribution in [2.24, 2.45) is 0 Å². The van der Waals surface area contributed by atoms with Gasteiger partial charge in [-0.15, -0.1) is 0 Å². The highest BCUT2D eigenvalue weighted by molar-refractivity contribution is 9.10. The van der Waals surface area contributed by atoms with Crippen molar-refractivity contribution in [3.63, 3.8) is 0 Å². The molecule has 0 atom stereocenters. The second-order valence-electron chi connectivity index (χ2n) is 6.07. The minimum Gasteiger partial charge on any atom is -0.484 e. The maximum absolute atomic E-state index is 12.3. The Morgan fingerprint density at radius 3 is 2.52 bits per heavy atom. The van der Waals surface area contributed by atoms with Gasteiger partial charge in [-0.05, 0) is 55.8 Å². The van der Waals surface area contributed by atoms with Crippen molar-refractivity contribution in [1.29, 1.82) is 0 Å². The summed E-state index contributed by atoms with van der Waals surface area (Å²) in [7, 11) is 0. The van der Waals surface area contributed by atoms with Crippen molar-refractivity contribution in [2.75, 3.05) is 19.7 Å². The molecule has 0 radical (unpaired) electrons. The van der Waals surface area contributed by atoms with E-state index >= 15 is 0 Å². The minimum absolute atomic E-state index is 0.0443. The van der Waals surface area contributed by atoms with Crippen LogP contribution in [0.3, 0.4) is 0 Å². The Morgan fingerprint density at radius 2 is 1.84 bits per heavy atom. The van der Waals surface area contributed by atoms with Crippen molar-refractivity contribution in [3.05, 3.63) is 40.9 Å². The molecule has 5 nitrogen and oxygen atoms in total. The van der Waals surface area contributed by atoms with Crippen molar-refractivity contribution >= 4 is 38.5 Å². The van der Waals surface area contributed by atoms with Crippen LogP contribution in [0.25, 0.3) is 10.8 Å². The van der Waals surface area contributed by atoms with Gasteiger partial charge in [0, 0.05) is 17.1 Å². The molecule has 25 heavy (non-hydrogen) atoms. The summed E-state index contributed by atoms with van der Waals surface area (Å²) in [5.41, 5.74) is 0. The molecule has 2 aromatic carbocycles. The zero-order chi connectivity index (χ0) is 18.4. The van der Waals surface area contributed by atoms with E-state index in [-0.39, 0.29) is 31.0 Å². The van der Waals surface area contributed by atoms with Crippen LogP contribution in [0.5, 0.6) is 5.75 Å². The number of nitrogens with zero attached hydrogens (tertiary/aromatic N) is 1. The third-order valence-corrected chi connectivity index (χ3v) is 4.15. The number of hydrogen-bond donors (Lipinski definition) is 1. The number of benzene rings is 2. The molecule has 2 rings (SSSR count). The number of ether oxygens (including phenoxy) is 1. The molecule has 2 aromatic rings. The summed E-state index contributed by atoms with van der Waals surface area (Å²) in [5.74, 6) is 0.254. The molecule has 0 fully saturated rings. The summed E-state index contributed by atoms with van der Waals surface area (Å²) in [4.78, 5) is 25.6. The molecule has 0 spiro atoms. The smallest absolute Gasteiger partial charge is 0.260 e. The number of carbonyl (C=O) groups is 2. The van der Waals surface area contributed by atoms with E-state index in [2.05, 4.69) is 21.2 Å². The molecular formula is C19H23BrN2O3. The minimum atomic E-state index is -0.211. The second kappa shape index (κ2) is 8.85. The Hall–Kier alpha value is -2.08. The Balaban J connectivity index is 1.95. The highest BCUT2D eigenvalue weighted by atomic mass is 79.9. The summed E-state index contributed by atoms with van der Waals surface area (Å²) < 4.78 is 6.63. The van der Waals surface area contributed by atoms with E-state index in [1.165, 1.54) is 4.90 Å². The topological polar surface area (TPSA) is 58.6 Å². The summed E-state index contributed by atoms with van der Waals surface area (Å²) in [6, 6.07) is 11.7. The van der Waals surface area contributed by atoms with Gasteiger partial charge < -0.3 is 15.0 Å². The van der Waals surface area contributed by atoms with Crippen LogP contribution in [0, 0.1) is 0 Å². The number of rotatable bonds is 7. The Kier molecular flexibility index (Phi) is 6.82. The van der Waals surface area contributed by atoms with Gasteiger partial charge in [0.05, 0.1) is 6.54 Å². The zero-order valence-electron chi connectivity index (χ0n) is 14.7. The monoisotopic (exact) mass is 406 g/mol. The first kappa shape index (κ1) is 19.2. The molecule has 0 saturated heterocycles. The average Bonchev–Trinajstić information content (AvgIpc) is 2.56. The fraction of sp³-hybridized carbons (Fsp3) is 0.368. The van der Waals surface area contributed by atoms with Crippen molar-refractivity contribution in [3.8, 4) is 5.75 Å². The summed E-state index contributed by atoms with van der Waals surface area (Å²) in [5, 5.41) is 4.91. The maximum Gasteiger partial charge on any atom is 0.260 e. The lowest BCUT2D eigenvalue weighted by Gasteiger charge is -2.21. The van der Waals surface area contributed by atoms with Crippen molar-refractivity contribution < 1.29 is 14.3 Å². The lowest BCUT2D eigenvalue weighted by atomic mass is 10.1. The van der Waals surface area contributed by atoms with Crippen LogP contribution in [0.2, 0.25) is 0 Å². The van der Waals surface area contributed by atoms with E-state index in [4.69, 9.17) is 4.74 Å². The van der Waals surface area contributed by atoms with Gasteiger partial charge in [0.25, 0.3) is 5.91 Å². The van der Waals surface area contributed by atoms with E-state index in [0.29, 0.717) is 12.3 Å². The van der Waals surface area contributed by atoms with Gasteiger partial charge in [-0.1, -0.05) is 28.1 Å². The number of nitrogens with one attached hydrogen (secondary N) is 1. The molecule has 6 heteroatoms. The molecule has 134 valence electrons. The largest absolute Gasteiger partial charge is 0.484 e. The number of fused-ring (bicyclic) bond motifs is 1. The SMILES string of the molecule is CCN(CC(=O)NC(C)C)C(=O)COc1ccc2cc(Br)ccc2c1. The predicted octanol–water partition coefficient (Wildman–Crippen LogP) is 3.35. The maximum atomic E-state index is 12.3. The Bertz CT molecular complexity index is 761. The quantitative estimate of drug-likeness (QED) is 0.766. The van der Waals surface area contributed by atoms with Gasteiger partial charge >= 0.3 is 0 Å². The molecule has 0 bridgehead atoms. The predicted molar refractivity (Wildman–Crippen MR) is 103 cm³/mol. The first-order valence-corrected chi connectivity index (χ1v) is 9.07. The molecule has 0 aliphatic heterocycles. The van der Waals surface area contributed by atoms with Crippen LogP contribution >= 0.6 is 15.9 Å². The highest BCUT2D eigenvalue weighted by Gasteiger charge is 2.16. The lowest BCUT2D eigenvalue weighted by Crippen LogP contribution is -2.44. The molecule has 0 aliphatic carbocycles. The molecular weight excluding hydrogens is 384 g/mol. The van der Waals surface area contributed by atoms with Crippen LogP contribution in [-0.4, -0.2) is 42.5 Å². The summed E-state index contributed by atoms with van der Waals surface area (Å²) >= 11 is 3.44. The molecule has 0 saturated carbocycles. The first-order valence-electron chi connectivity index (χ1n) is 8.28. The number of likely N-dealkylation sites (N-methyl/N-ethyl adjacent to an activating group) is 1. The van der Waals surface area contributed by atoms with E-state index in [1.54, 1.807) is 0 Å². The van der Waals surface area contributed by atoms with Crippen LogP contribution in [0.4, 0.5) is 0 Å². The van der Waals surface area contributed by atoms with E-state index in [1.807, 2.05) is 57.2 Å². The Morgan fingerprint density at radius 1 is 1.16 bits per heavy atom. The molecule has 0 aromatic heterocycles. The molecule has 2 amide bonds. The van der Waals surface area contributed by atoms with Crippen LogP contribution in [-0.2, 0) is 9.59 Å². The Labute approximate surface area is 156 Å². The third-order valence-electron chi connectivity index (χ3n) is 3.65. The number of hydrogen-bond acceptors (Lipinski definition) is 3. The fourth-order valence-corrected chi connectivity index (χ4v) is 2.82.